The molecule has 1 heterocycles. The number of amides is 2. The fourth-order valence-corrected chi connectivity index (χ4v) is 3.57. The quantitative estimate of drug-likeness (QED) is 0.847. The molecule has 1 saturated heterocycles. The van der Waals surface area contributed by atoms with Crippen LogP contribution in [0.25, 0.3) is 0 Å². The molecular weight excluding hydrogens is 385 g/mol. The molecule has 27 heavy (non-hydrogen) atoms. The van der Waals surface area contributed by atoms with Gasteiger partial charge in [-0.25, -0.2) is 0 Å². The Labute approximate surface area is 168 Å². The van der Waals surface area contributed by atoms with Gasteiger partial charge in [-0.2, -0.15) is 0 Å². The minimum Gasteiger partial charge on any atom is -0.368 e. The Morgan fingerprint density at radius 1 is 1.04 bits per heavy atom. The number of carbonyl (C=O) groups is 2. The molecule has 7 heteroatoms. The van der Waals surface area contributed by atoms with Crippen molar-refractivity contribution in [3.05, 3.63) is 63.6 Å². The summed E-state index contributed by atoms with van der Waals surface area (Å²) in [5.41, 5.74) is 2.69. The molecule has 2 aromatic carbocycles. The van der Waals surface area contributed by atoms with Crippen LogP contribution < -0.4 is 10.2 Å². The number of hydrogen-bond donors (Lipinski definition) is 1. The fourth-order valence-electron chi connectivity index (χ4n) is 3.08. The minimum atomic E-state index is -0.386. The van der Waals surface area contributed by atoms with Gasteiger partial charge in [-0.15, -0.1) is 0 Å². The van der Waals surface area contributed by atoms with Crippen molar-refractivity contribution < 1.29 is 9.59 Å². The normalized spacial score (nSPS) is 14.2. The topological polar surface area (TPSA) is 52.6 Å². The third kappa shape index (κ3) is 4.93. The molecule has 0 saturated carbocycles. The third-order valence-corrected chi connectivity index (χ3v) is 5.12. The number of piperazine rings is 1. The molecule has 0 unspecified atom stereocenters. The second-order valence-electron chi connectivity index (χ2n) is 6.51. The molecule has 2 aromatic rings. The highest BCUT2D eigenvalue weighted by atomic mass is 35.5. The number of hydrogen-bond acceptors (Lipinski definition) is 3. The van der Waals surface area contributed by atoms with E-state index >= 15 is 0 Å². The van der Waals surface area contributed by atoms with Gasteiger partial charge in [-0.3, -0.25) is 9.59 Å². The molecule has 5 nitrogen and oxygen atoms in total. The SMILES string of the molecule is Cc1cccc(N2CCN(C(=O)CNC(=O)c3ccc(Cl)cc3Cl)CC2)c1. The monoisotopic (exact) mass is 405 g/mol. The van der Waals surface area contributed by atoms with Crippen molar-refractivity contribution in [2.45, 2.75) is 6.92 Å². The Kier molecular flexibility index (Phi) is 6.24. The van der Waals surface area contributed by atoms with Crippen LogP contribution in [0.3, 0.4) is 0 Å². The molecule has 3 rings (SSSR count). The van der Waals surface area contributed by atoms with Crippen LogP contribution in [0.15, 0.2) is 42.5 Å². The van der Waals surface area contributed by atoms with Crippen LogP contribution in [0.5, 0.6) is 0 Å². The molecule has 0 bridgehead atoms. The molecule has 2 amide bonds. The van der Waals surface area contributed by atoms with Crippen LogP contribution in [-0.4, -0.2) is 49.4 Å². The molecule has 0 atom stereocenters. The number of benzene rings is 2. The highest BCUT2D eigenvalue weighted by molar-refractivity contribution is 6.36. The maximum absolute atomic E-state index is 12.4. The van der Waals surface area contributed by atoms with Crippen LogP contribution in [0.4, 0.5) is 5.69 Å². The van der Waals surface area contributed by atoms with Crippen LogP contribution in [-0.2, 0) is 4.79 Å². The van der Waals surface area contributed by atoms with Crippen molar-refractivity contribution in [2.24, 2.45) is 0 Å². The number of aryl methyl sites for hydroxylation is 1. The second kappa shape index (κ2) is 8.63. The molecule has 0 radical (unpaired) electrons. The van der Waals surface area contributed by atoms with Crippen LogP contribution in [0.2, 0.25) is 10.0 Å². The van der Waals surface area contributed by atoms with E-state index in [1.807, 2.05) is 6.07 Å². The largest absolute Gasteiger partial charge is 0.368 e. The molecule has 1 aliphatic rings. The lowest BCUT2D eigenvalue weighted by Crippen LogP contribution is -2.51. The highest BCUT2D eigenvalue weighted by Crippen LogP contribution is 2.21. The number of carbonyl (C=O) groups excluding carboxylic acids is 2. The zero-order valence-electron chi connectivity index (χ0n) is 15.0. The Balaban J connectivity index is 1.50. The van der Waals surface area contributed by atoms with Crippen LogP contribution in [0.1, 0.15) is 15.9 Å². The van der Waals surface area contributed by atoms with Crippen molar-refractivity contribution in [3.8, 4) is 0 Å². The molecular formula is C20H21Cl2N3O2. The van der Waals surface area contributed by atoms with Gasteiger partial charge in [-0.1, -0.05) is 35.3 Å². The predicted molar refractivity (Wildman–Crippen MR) is 109 cm³/mol. The van der Waals surface area contributed by atoms with Gasteiger partial charge in [0.1, 0.15) is 0 Å². The van der Waals surface area contributed by atoms with Gasteiger partial charge in [0, 0.05) is 36.9 Å². The van der Waals surface area contributed by atoms with E-state index < -0.39 is 0 Å². The predicted octanol–water partition coefficient (Wildman–Crippen LogP) is 3.38. The first kappa shape index (κ1) is 19.5. The molecule has 0 aliphatic carbocycles. The standard InChI is InChI=1S/C20H21Cl2N3O2/c1-14-3-2-4-16(11-14)24-7-9-25(10-8-24)19(26)13-23-20(27)17-6-5-15(21)12-18(17)22/h2-6,11-12H,7-10,13H2,1H3,(H,23,27). The van der Waals surface area contributed by atoms with E-state index in [2.05, 4.69) is 35.3 Å². The molecule has 1 N–H and O–H groups in total. The number of nitrogens with one attached hydrogen (secondary N) is 1. The molecule has 0 aromatic heterocycles. The number of rotatable bonds is 4. The number of nitrogens with zero attached hydrogens (tertiary/aromatic N) is 2. The Morgan fingerprint density at radius 2 is 1.78 bits per heavy atom. The Morgan fingerprint density at radius 3 is 2.44 bits per heavy atom. The van der Waals surface area contributed by atoms with E-state index in [0.717, 1.165) is 13.1 Å². The van der Waals surface area contributed by atoms with E-state index in [-0.39, 0.29) is 23.4 Å². The van der Waals surface area contributed by atoms with Gasteiger partial charge >= 0.3 is 0 Å². The average Bonchev–Trinajstić information content (AvgIpc) is 2.66. The Bertz CT molecular complexity index is 849. The van der Waals surface area contributed by atoms with Gasteiger partial charge in [0.15, 0.2) is 0 Å². The smallest absolute Gasteiger partial charge is 0.253 e. The highest BCUT2D eigenvalue weighted by Gasteiger charge is 2.22. The number of anilines is 1. The lowest BCUT2D eigenvalue weighted by Gasteiger charge is -2.36. The maximum Gasteiger partial charge on any atom is 0.253 e. The summed E-state index contributed by atoms with van der Waals surface area (Å²) in [6.07, 6.45) is 0. The first-order valence-electron chi connectivity index (χ1n) is 8.76. The van der Waals surface area contributed by atoms with E-state index in [0.29, 0.717) is 23.7 Å². The Hall–Kier alpha value is -2.24. The van der Waals surface area contributed by atoms with Crippen LogP contribution in [0, 0.1) is 6.92 Å². The lowest BCUT2D eigenvalue weighted by molar-refractivity contribution is -0.130. The van der Waals surface area contributed by atoms with Gasteiger partial charge in [0.25, 0.3) is 5.91 Å². The first-order chi connectivity index (χ1) is 12.9. The summed E-state index contributed by atoms with van der Waals surface area (Å²) in [6, 6.07) is 13.0. The molecule has 142 valence electrons. The molecule has 1 fully saturated rings. The van der Waals surface area contributed by atoms with Gasteiger partial charge in [0.05, 0.1) is 17.1 Å². The zero-order chi connectivity index (χ0) is 19.4. The van der Waals surface area contributed by atoms with E-state index in [9.17, 15) is 9.59 Å². The summed E-state index contributed by atoms with van der Waals surface area (Å²) >= 11 is 11.9. The summed E-state index contributed by atoms with van der Waals surface area (Å²) in [4.78, 5) is 28.7. The summed E-state index contributed by atoms with van der Waals surface area (Å²) in [5.74, 6) is -0.485. The van der Waals surface area contributed by atoms with E-state index in [1.54, 1.807) is 17.0 Å². The molecule has 0 spiro atoms. The van der Waals surface area contributed by atoms with Gasteiger partial charge < -0.3 is 15.1 Å². The van der Waals surface area contributed by atoms with Crippen molar-refractivity contribution in [2.75, 3.05) is 37.6 Å². The fraction of sp³-hybridized carbons (Fsp3) is 0.300. The van der Waals surface area contributed by atoms with Gasteiger partial charge in [-0.05, 0) is 42.8 Å². The summed E-state index contributed by atoms with van der Waals surface area (Å²) in [5, 5.41) is 3.36. The third-order valence-electron chi connectivity index (χ3n) is 4.58. The van der Waals surface area contributed by atoms with Crippen molar-refractivity contribution in [1.82, 2.24) is 10.2 Å². The van der Waals surface area contributed by atoms with Gasteiger partial charge in [0.2, 0.25) is 5.91 Å². The lowest BCUT2D eigenvalue weighted by atomic mass is 10.2. The second-order valence-corrected chi connectivity index (χ2v) is 7.36. The average molecular weight is 406 g/mol. The van der Waals surface area contributed by atoms with Crippen molar-refractivity contribution >= 4 is 40.7 Å². The van der Waals surface area contributed by atoms with Crippen molar-refractivity contribution in [3.63, 3.8) is 0 Å². The van der Waals surface area contributed by atoms with Crippen molar-refractivity contribution in [1.29, 1.82) is 0 Å². The number of halogens is 2. The van der Waals surface area contributed by atoms with Crippen LogP contribution >= 0.6 is 23.2 Å². The first-order valence-corrected chi connectivity index (χ1v) is 9.52. The minimum absolute atomic E-state index is 0.0533. The molecule has 1 aliphatic heterocycles. The summed E-state index contributed by atoms with van der Waals surface area (Å²) in [7, 11) is 0. The zero-order valence-corrected chi connectivity index (χ0v) is 16.6. The summed E-state index contributed by atoms with van der Waals surface area (Å²) < 4.78 is 0. The summed E-state index contributed by atoms with van der Waals surface area (Å²) in [6.45, 7) is 4.81. The van der Waals surface area contributed by atoms with E-state index in [4.69, 9.17) is 23.2 Å². The van der Waals surface area contributed by atoms with E-state index in [1.165, 1.54) is 17.3 Å². The maximum atomic E-state index is 12.4.